The van der Waals surface area contributed by atoms with Crippen molar-refractivity contribution in [3.8, 4) is 22.5 Å². The van der Waals surface area contributed by atoms with E-state index >= 15 is 0 Å². The zero-order valence-electron chi connectivity index (χ0n) is 15.8. The van der Waals surface area contributed by atoms with Gasteiger partial charge in [-0.3, -0.25) is 10.1 Å². The van der Waals surface area contributed by atoms with Crippen LogP contribution in [0.5, 0.6) is 0 Å². The Morgan fingerprint density at radius 2 is 1.40 bits per heavy atom. The minimum Gasteiger partial charge on any atom is -0.258 e. The molecule has 1 heterocycles. The minimum absolute atomic E-state index is 0.00707. The Kier molecular flexibility index (Phi) is 5.52. The smallest absolute Gasteiger partial charge is 0.258 e. The van der Waals surface area contributed by atoms with Crippen molar-refractivity contribution in [2.24, 2.45) is 5.10 Å². The number of hydrogen-bond acceptors (Lipinski definition) is 6. The Morgan fingerprint density at radius 3 is 1.97 bits per heavy atom. The molecule has 4 rings (SSSR count). The van der Waals surface area contributed by atoms with Gasteiger partial charge >= 0.3 is 0 Å². The van der Waals surface area contributed by atoms with Gasteiger partial charge in [0.15, 0.2) is 0 Å². The average molecular weight is 395 g/mol. The lowest BCUT2D eigenvalue weighted by Crippen LogP contribution is -2.00. The van der Waals surface area contributed by atoms with E-state index in [0.717, 1.165) is 22.5 Å². The van der Waals surface area contributed by atoms with Crippen molar-refractivity contribution in [2.75, 3.05) is 5.43 Å². The molecule has 0 amide bonds. The van der Waals surface area contributed by atoms with Crippen LogP contribution in [0.25, 0.3) is 22.5 Å². The van der Waals surface area contributed by atoms with Gasteiger partial charge < -0.3 is 0 Å². The molecule has 0 radical (unpaired) electrons. The zero-order chi connectivity index (χ0) is 20.8. The van der Waals surface area contributed by atoms with E-state index in [9.17, 15) is 10.1 Å². The number of anilines is 1. The van der Waals surface area contributed by atoms with Gasteiger partial charge in [-0.15, -0.1) is 0 Å². The van der Waals surface area contributed by atoms with Crippen molar-refractivity contribution < 1.29 is 4.92 Å². The number of hydrogen-bond donors (Lipinski definition) is 1. The van der Waals surface area contributed by atoms with Crippen LogP contribution in [-0.4, -0.2) is 21.1 Å². The van der Waals surface area contributed by atoms with Gasteiger partial charge in [0.1, 0.15) is 0 Å². The number of nitro benzene ring substituents is 1. The van der Waals surface area contributed by atoms with Crippen molar-refractivity contribution in [3.63, 3.8) is 0 Å². The van der Waals surface area contributed by atoms with Gasteiger partial charge in [-0.2, -0.15) is 5.10 Å². The summed E-state index contributed by atoms with van der Waals surface area (Å²) in [6.45, 7) is 0. The maximum Gasteiger partial charge on any atom is 0.270 e. The lowest BCUT2D eigenvalue weighted by molar-refractivity contribution is -0.384. The largest absolute Gasteiger partial charge is 0.270 e. The summed E-state index contributed by atoms with van der Waals surface area (Å²) in [5.41, 5.74) is 6.89. The van der Waals surface area contributed by atoms with E-state index in [1.807, 2.05) is 66.7 Å². The van der Waals surface area contributed by atoms with Crippen LogP contribution in [0.15, 0.2) is 96.1 Å². The Hall–Kier alpha value is -4.39. The third-order valence-electron chi connectivity index (χ3n) is 4.32. The molecule has 0 aliphatic carbocycles. The van der Waals surface area contributed by atoms with E-state index in [0.29, 0.717) is 11.5 Å². The molecule has 146 valence electrons. The highest BCUT2D eigenvalue weighted by Crippen LogP contribution is 2.25. The Morgan fingerprint density at radius 1 is 0.800 bits per heavy atom. The van der Waals surface area contributed by atoms with Crippen LogP contribution in [0.3, 0.4) is 0 Å². The highest BCUT2D eigenvalue weighted by molar-refractivity contribution is 5.81. The van der Waals surface area contributed by atoms with E-state index in [1.54, 1.807) is 12.1 Å². The van der Waals surface area contributed by atoms with E-state index in [2.05, 4.69) is 20.5 Å². The first-order chi connectivity index (χ1) is 14.7. The first-order valence-electron chi connectivity index (χ1n) is 9.22. The molecule has 0 saturated heterocycles. The second-order valence-corrected chi connectivity index (χ2v) is 6.42. The first-order valence-corrected chi connectivity index (χ1v) is 9.22. The molecule has 7 heteroatoms. The van der Waals surface area contributed by atoms with Crippen molar-refractivity contribution in [1.29, 1.82) is 0 Å². The molecular weight excluding hydrogens is 378 g/mol. The summed E-state index contributed by atoms with van der Waals surface area (Å²) >= 11 is 0. The quantitative estimate of drug-likeness (QED) is 0.276. The van der Waals surface area contributed by atoms with Gasteiger partial charge in [-0.1, -0.05) is 72.8 Å². The topological polar surface area (TPSA) is 93.3 Å². The van der Waals surface area contributed by atoms with Crippen LogP contribution in [0, 0.1) is 10.1 Å². The number of aromatic nitrogens is 2. The number of rotatable bonds is 6. The molecule has 0 aliphatic heterocycles. The first kappa shape index (κ1) is 18.9. The summed E-state index contributed by atoms with van der Waals surface area (Å²) in [7, 11) is 0. The van der Waals surface area contributed by atoms with Crippen LogP contribution in [-0.2, 0) is 0 Å². The average Bonchev–Trinajstić information content (AvgIpc) is 2.80. The Bertz CT molecular complexity index is 1140. The van der Waals surface area contributed by atoms with E-state index in [-0.39, 0.29) is 5.69 Å². The fraction of sp³-hybridized carbons (Fsp3) is 0. The van der Waals surface area contributed by atoms with E-state index < -0.39 is 4.92 Å². The van der Waals surface area contributed by atoms with Gasteiger partial charge in [-0.05, 0) is 6.07 Å². The number of nitro groups is 1. The molecule has 0 fully saturated rings. The van der Waals surface area contributed by atoms with Crippen molar-refractivity contribution in [2.45, 2.75) is 0 Å². The summed E-state index contributed by atoms with van der Waals surface area (Å²) < 4.78 is 0. The SMILES string of the molecule is O=[N+]([O-])c1cccc(/C=N/Nc2nc(-c3ccccc3)cc(-c3ccccc3)n2)c1. The van der Waals surface area contributed by atoms with Crippen LogP contribution >= 0.6 is 0 Å². The zero-order valence-corrected chi connectivity index (χ0v) is 15.8. The molecule has 0 spiro atoms. The molecule has 1 aromatic heterocycles. The number of hydrazone groups is 1. The summed E-state index contributed by atoms with van der Waals surface area (Å²) in [6, 6.07) is 27.8. The van der Waals surface area contributed by atoms with E-state index in [4.69, 9.17) is 0 Å². The maximum atomic E-state index is 10.9. The highest BCUT2D eigenvalue weighted by atomic mass is 16.6. The van der Waals surface area contributed by atoms with Crippen molar-refractivity contribution in [3.05, 3.63) is 107 Å². The molecule has 0 saturated carbocycles. The molecule has 0 atom stereocenters. The summed E-state index contributed by atoms with van der Waals surface area (Å²) in [6.07, 6.45) is 1.49. The van der Waals surface area contributed by atoms with Gasteiger partial charge in [-0.25, -0.2) is 15.4 Å². The highest BCUT2D eigenvalue weighted by Gasteiger charge is 2.08. The summed E-state index contributed by atoms with van der Waals surface area (Å²) in [4.78, 5) is 19.6. The van der Waals surface area contributed by atoms with Gasteiger partial charge in [0.25, 0.3) is 5.69 Å². The van der Waals surface area contributed by atoms with Crippen molar-refractivity contribution >= 4 is 17.9 Å². The van der Waals surface area contributed by atoms with Crippen LogP contribution in [0.2, 0.25) is 0 Å². The van der Waals surface area contributed by atoms with Gasteiger partial charge in [0.05, 0.1) is 22.5 Å². The number of nitrogens with one attached hydrogen (secondary N) is 1. The van der Waals surface area contributed by atoms with Gasteiger partial charge in [0, 0.05) is 28.8 Å². The molecule has 1 N–H and O–H groups in total. The maximum absolute atomic E-state index is 10.9. The van der Waals surface area contributed by atoms with Crippen molar-refractivity contribution in [1.82, 2.24) is 9.97 Å². The van der Waals surface area contributed by atoms with Crippen LogP contribution in [0.1, 0.15) is 5.56 Å². The minimum atomic E-state index is -0.441. The predicted molar refractivity (Wildman–Crippen MR) is 117 cm³/mol. The number of benzene rings is 3. The second-order valence-electron chi connectivity index (χ2n) is 6.42. The molecule has 30 heavy (non-hydrogen) atoms. The second kappa shape index (κ2) is 8.74. The Labute approximate surface area is 172 Å². The number of non-ortho nitro benzene ring substituents is 1. The summed E-state index contributed by atoms with van der Waals surface area (Å²) in [5.74, 6) is 0.330. The fourth-order valence-corrected chi connectivity index (χ4v) is 2.89. The molecule has 0 bridgehead atoms. The van der Waals surface area contributed by atoms with Crippen LogP contribution in [0.4, 0.5) is 11.6 Å². The van der Waals surface area contributed by atoms with E-state index in [1.165, 1.54) is 18.3 Å². The monoisotopic (exact) mass is 395 g/mol. The normalized spacial score (nSPS) is 10.8. The molecule has 3 aromatic carbocycles. The molecule has 7 nitrogen and oxygen atoms in total. The third-order valence-corrected chi connectivity index (χ3v) is 4.32. The Balaban J connectivity index is 1.65. The van der Waals surface area contributed by atoms with Gasteiger partial charge in [0.2, 0.25) is 5.95 Å². The lowest BCUT2D eigenvalue weighted by atomic mass is 10.1. The fourth-order valence-electron chi connectivity index (χ4n) is 2.89. The lowest BCUT2D eigenvalue weighted by Gasteiger charge is -2.08. The summed E-state index contributed by atoms with van der Waals surface area (Å²) in [5, 5.41) is 15.1. The molecule has 0 aliphatic rings. The standard InChI is InChI=1S/C23H17N5O2/c29-28(30)20-13-7-8-17(14-20)16-24-27-23-25-21(18-9-3-1-4-10-18)15-22(26-23)19-11-5-2-6-12-19/h1-16H,(H,25,26,27)/b24-16+. The third kappa shape index (κ3) is 4.53. The molecule has 0 unspecified atom stereocenters. The molecular formula is C23H17N5O2. The molecule has 4 aromatic rings. The number of nitrogens with zero attached hydrogens (tertiary/aromatic N) is 4. The predicted octanol–water partition coefficient (Wildman–Crippen LogP) is 5.16. The van der Waals surface area contributed by atoms with Crippen LogP contribution < -0.4 is 5.43 Å².